The second-order valence-corrected chi connectivity index (χ2v) is 5.51. The maximum absolute atomic E-state index is 13.2. The highest BCUT2D eigenvalue weighted by molar-refractivity contribution is 6.32. The summed E-state index contributed by atoms with van der Waals surface area (Å²) >= 11 is 5.74. The third kappa shape index (κ3) is 3.45. The van der Waals surface area contributed by atoms with Gasteiger partial charge in [-0.25, -0.2) is 4.39 Å². The van der Waals surface area contributed by atoms with Crippen molar-refractivity contribution in [3.8, 4) is 0 Å². The van der Waals surface area contributed by atoms with Crippen molar-refractivity contribution in [3.05, 3.63) is 45.9 Å². The smallest absolute Gasteiger partial charge is 0.252 e. The van der Waals surface area contributed by atoms with E-state index in [4.69, 9.17) is 22.7 Å². The van der Waals surface area contributed by atoms with Gasteiger partial charge in [-0.1, -0.05) is 18.5 Å². The lowest BCUT2D eigenvalue weighted by Gasteiger charge is -2.28. The van der Waals surface area contributed by atoms with Crippen molar-refractivity contribution in [2.45, 2.75) is 19.4 Å². The van der Waals surface area contributed by atoms with Gasteiger partial charge in [-0.15, -0.1) is 0 Å². The van der Waals surface area contributed by atoms with Gasteiger partial charge < -0.3 is 16.4 Å². The van der Waals surface area contributed by atoms with E-state index < -0.39 is 11.7 Å². The van der Waals surface area contributed by atoms with Crippen LogP contribution in [-0.2, 0) is 4.79 Å². The Hall–Kier alpha value is -1.92. The third-order valence-electron chi connectivity index (χ3n) is 3.57. The molecule has 2 rings (SSSR count). The quantitative estimate of drug-likeness (QED) is 0.500. The van der Waals surface area contributed by atoms with E-state index in [0.717, 1.165) is 19.0 Å². The summed E-state index contributed by atoms with van der Waals surface area (Å²) in [5, 5.41) is 14.6. The third-order valence-corrected chi connectivity index (χ3v) is 3.86. The molecule has 1 aliphatic rings. The first-order valence-electron chi connectivity index (χ1n) is 6.98. The molecular formula is C15H18ClFN4O. The fourth-order valence-corrected chi connectivity index (χ4v) is 2.53. The standard InChI is InChI=1S/C15H18ClFN4O/c1-2-9-6-20-7-12(21-9)13(15(19)22)14(18)8-3-4-11(17)10(16)5-8/h3-5,9,18,20-21H,2,6-7H2,1H3,(H2,19,22)/b13-12+,18-14?. The van der Waals surface area contributed by atoms with Crippen LogP contribution >= 0.6 is 11.6 Å². The van der Waals surface area contributed by atoms with Crippen LogP contribution in [0.2, 0.25) is 5.02 Å². The Kier molecular flexibility index (Phi) is 5.15. The SMILES string of the molecule is CCC1CNC/C(=C(/C(=N)c2ccc(F)c(Cl)c2)C(N)=O)N1. The van der Waals surface area contributed by atoms with E-state index in [1.807, 2.05) is 6.92 Å². The van der Waals surface area contributed by atoms with Crippen LogP contribution < -0.4 is 16.4 Å². The summed E-state index contributed by atoms with van der Waals surface area (Å²) in [6.07, 6.45) is 0.873. The molecule has 0 aromatic heterocycles. The van der Waals surface area contributed by atoms with Gasteiger partial charge in [0.05, 0.1) is 16.3 Å². The average molecular weight is 325 g/mol. The van der Waals surface area contributed by atoms with E-state index in [-0.39, 0.29) is 22.3 Å². The Morgan fingerprint density at radius 3 is 2.86 bits per heavy atom. The summed E-state index contributed by atoms with van der Waals surface area (Å²) in [4.78, 5) is 11.8. The fourth-order valence-electron chi connectivity index (χ4n) is 2.35. The van der Waals surface area contributed by atoms with Gasteiger partial charge >= 0.3 is 0 Å². The Bertz CT molecular complexity index is 644. The van der Waals surface area contributed by atoms with Crippen LogP contribution in [0.1, 0.15) is 18.9 Å². The van der Waals surface area contributed by atoms with Crippen molar-refractivity contribution in [3.63, 3.8) is 0 Å². The van der Waals surface area contributed by atoms with E-state index in [9.17, 15) is 9.18 Å². The Morgan fingerprint density at radius 2 is 2.27 bits per heavy atom. The van der Waals surface area contributed by atoms with Crippen molar-refractivity contribution in [2.24, 2.45) is 5.73 Å². The molecule has 1 aliphatic heterocycles. The molecule has 7 heteroatoms. The summed E-state index contributed by atoms with van der Waals surface area (Å²) < 4.78 is 13.2. The van der Waals surface area contributed by atoms with E-state index >= 15 is 0 Å². The molecule has 0 bridgehead atoms. The topological polar surface area (TPSA) is 91.0 Å². The molecule has 1 amide bonds. The van der Waals surface area contributed by atoms with Gasteiger partial charge in [0.25, 0.3) is 5.91 Å². The lowest BCUT2D eigenvalue weighted by atomic mass is 9.98. The minimum absolute atomic E-state index is 0.0737. The van der Waals surface area contributed by atoms with Crippen LogP contribution in [0.4, 0.5) is 4.39 Å². The van der Waals surface area contributed by atoms with E-state index in [2.05, 4.69) is 10.6 Å². The zero-order valence-corrected chi connectivity index (χ0v) is 12.9. The first-order chi connectivity index (χ1) is 10.4. The van der Waals surface area contributed by atoms with Gasteiger partial charge in [0.1, 0.15) is 5.82 Å². The number of piperazine rings is 1. The molecule has 1 aromatic carbocycles. The van der Waals surface area contributed by atoms with E-state index in [1.54, 1.807) is 0 Å². The number of rotatable bonds is 4. The molecule has 1 unspecified atom stereocenters. The van der Waals surface area contributed by atoms with Gasteiger partial charge in [-0.2, -0.15) is 0 Å². The predicted molar refractivity (Wildman–Crippen MR) is 84.5 cm³/mol. The largest absolute Gasteiger partial charge is 0.383 e. The number of benzene rings is 1. The van der Waals surface area contributed by atoms with Crippen molar-refractivity contribution in [2.75, 3.05) is 13.1 Å². The molecule has 0 radical (unpaired) electrons. The Labute approximate surface area is 133 Å². The molecule has 0 saturated carbocycles. The first kappa shape index (κ1) is 16.5. The fraction of sp³-hybridized carbons (Fsp3) is 0.333. The van der Waals surface area contributed by atoms with Gasteiger partial charge in [-0.05, 0) is 24.6 Å². The van der Waals surface area contributed by atoms with E-state index in [0.29, 0.717) is 17.8 Å². The van der Waals surface area contributed by atoms with Crippen LogP contribution in [0, 0.1) is 11.2 Å². The summed E-state index contributed by atoms with van der Waals surface area (Å²) in [5.41, 5.74) is 6.39. The van der Waals surface area contributed by atoms with E-state index in [1.165, 1.54) is 12.1 Å². The van der Waals surface area contributed by atoms with Gasteiger partial charge in [0, 0.05) is 30.4 Å². The molecule has 1 atom stereocenters. The number of carbonyl (C=O) groups is 1. The maximum Gasteiger partial charge on any atom is 0.252 e. The van der Waals surface area contributed by atoms with Crippen molar-refractivity contribution in [1.82, 2.24) is 10.6 Å². The second-order valence-electron chi connectivity index (χ2n) is 5.10. The first-order valence-corrected chi connectivity index (χ1v) is 7.36. The lowest BCUT2D eigenvalue weighted by molar-refractivity contribution is -0.114. The summed E-state index contributed by atoms with van der Waals surface area (Å²) in [5.74, 6) is -1.28. The van der Waals surface area contributed by atoms with Gasteiger partial charge in [-0.3, -0.25) is 10.2 Å². The predicted octanol–water partition coefficient (Wildman–Crippen LogP) is 1.56. The van der Waals surface area contributed by atoms with Gasteiger partial charge in [0.15, 0.2) is 0 Å². The van der Waals surface area contributed by atoms with Crippen molar-refractivity contribution >= 4 is 23.2 Å². The van der Waals surface area contributed by atoms with Gasteiger partial charge in [0.2, 0.25) is 0 Å². The molecule has 0 aliphatic carbocycles. The molecule has 5 nitrogen and oxygen atoms in total. The van der Waals surface area contributed by atoms with Crippen LogP contribution in [0.3, 0.4) is 0 Å². The highest BCUT2D eigenvalue weighted by Crippen LogP contribution is 2.20. The molecule has 1 fully saturated rings. The molecule has 118 valence electrons. The monoisotopic (exact) mass is 324 g/mol. The minimum atomic E-state index is -0.702. The number of hydrogen-bond donors (Lipinski definition) is 4. The molecule has 5 N–H and O–H groups in total. The second kappa shape index (κ2) is 6.89. The highest BCUT2D eigenvalue weighted by Gasteiger charge is 2.23. The lowest BCUT2D eigenvalue weighted by Crippen LogP contribution is -2.48. The number of nitrogens with two attached hydrogens (primary N) is 1. The number of halogens is 2. The number of carbonyl (C=O) groups excluding carboxylic acids is 1. The van der Waals surface area contributed by atoms with Crippen molar-refractivity contribution < 1.29 is 9.18 Å². The average Bonchev–Trinajstić information content (AvgIpc) is 2.50. The molecular weight excluding hydrogens is 307 g/mol. The minimum Gasteiger partial charge on any atom is -0.383 e. The van der Waals surface area contributed by atoms with Crippen LogP contribution in [0.15, 0.2) is 29.5 Å². The summed E-state index contributed by atoms with van der Waals surface area (Å²) in [7, 11) is 0. The normalized spacial score (nSPS) is 20.2. The molecule has 22 heavy (non-hydrogen) atoms. The Morgan fingerprint density at radius 1 is 1.55 bits per heavy atom. The molecule has 0 spiro atoms. The Balaban J connectivity index is 2.40. The molecule has 1 aromatic rings. The molecule has 1 heterocycles. The zero-order chi connectivity index (χ0) is 16.3. The maximum atomic E-state index is 13.2. The summed E-state index contributed by atoms with van der Waals surface area (Å²) in [6, 6.07) is 4.05. The summed E-state index contributed by atoms with van der Waals surface area (Å²) in [6.45, 7) is 3.23. The van der Waals surface area contributed by atoms with Crippen LogP contribution in [-0.4, -0.2) is 30.8 Å². The number of primary amides is 1. The number of hydrogen-bond acceptors (Lipinski definition) is 4. The van der Waals surface area contributed by atoms with Crippen LogP contribution in [0.5, 0.6) is 0 Å². The van der Waals surface area contributed by atoms with Crippen LogP contribution in [0.25, 0.3) is 0 Å². The number of amides is 1. The number of nitrogens with one attached hydrogen (secondary N) is 3. The van der Waals surface area contributed by atoms with Crippen molar-refractivity contribution in [1.29, 1.82) is 5.41 Å². The highest BCUT2D eigenvalue weighted by atomic mass is 35.5. The zero-order valence-electron chi connectivity index (χ0n) is 12.2. The molecule has 1 saturated heterocycles.